The van der Waals surface area contributed by atoms with Crippen molar-refractivity contribution in [2.75, 3.05) is 6.56 Å². The Balaban J connectivity index is 2.13. The highest BCUT2D eigenvalue weighted by Gasteiger charge is 2.31. The van der Waals surface area contributed by atoms with Gasteiger partial charge in [-0.1, -0.05) is 25.4 Å². The number of carbonyl (C=O) groups excluding carboxylic acids is 1. The molecule has 0 saturated carbocycles. The Morgan fingerprint density at radius 2 is 1.91 bits per heavy atom. The van der Waals surface area contributed by atoms with Crippen LogP contribution in [0.5, 0.6) is 5.75 Å². The normalized spacial score (nSPS) is 15.0. The predicted molar refractivity (Wildman–Crippen MR) is 142 cm³/mol. The van der Waals surface area contributed by atoms with Crippen LogP contribution >= 0.6 is 11.6 Å². The van der Waals surface area contributed by atoms with E-state index >= 15 is 0 Å². The van der Waals surface area contributed by atoms with Gasteiger partial charge in [0.1, 0.15) is 17.9 Å². The Morgan fingerprint density at radius 3 is 2.51 bits per heavy atom. The van der Waals surface area contributed by atoms with E-state index < -0.39 is 23.8 Å². The van der Waals surface area contributed by atoms with E-state index in [-0.39, 0.29) is 28.7 Å². The highest BCUT2D eigenvalue weighted by atomic mass is 35.5. The average Bonchev–Trinajstić information content (AvgIpc) is 2.73. The summed E-state index contributed by atoms with van der Waals surface area (Å²) in [4.78, 5) is 30.4. The summed E-state index contributed by atoms with van der Waals surface area (Å²) in [6.07, 6.45) is 1.18. The Morgan fingerprint density at radius 1 is 1.23 bits per heavy atom. The third kappa shape index (κ3) is 6.07. The van der Waals surface area contributed by atoms with Gasteiger partial charge in [0.15, 0.2) is 0 Å². The summed E-state index contributed by atoms with van der Waals surface area (Å²) in [5, 5.41) is 4.62. The number of carbonyl (C=O) groups is 1. The fourth-order valence-corrected chi connectivity index (χ4v) is 4.53. The monoisotopic (exact) mass is 503 g/mol. The van der Waals surface area contributed by atoms with Gasteiger partial charge >= 0.3 is 6.09 Å². The van der Waals surface area contributed by atoms with Gasteiger partial charge in [-0.25, -0.2) is 4.79 Å². The second kappa shape index (κ2) is 10.1. The summed E-state index contributed by atoms with van der Waals surface area (Å²) >= 11 is 6.60. The minimum Gasteiger partial charge on any atom is -0.490 e. The number of aryl methyl sites for hydroxylation is 2. The maximum absolute atomic E-state index is 13.4. The molecule has 0 spiro atoms. The lowest BCUT2D eigenvalue weighted by Crippen LogP contribution is -2.52. The van der Waals surface area contributed by atoms with Gasteiger partial charge in [-0.05, 0) is 77.5 Å². The van der Waals surface area contributed by atoms with Gasteiger partial charge in [-0.15, -0.1) is 0 Å². The minimum atomic E-state index is -2.41. The predicted octanol–water partition coefficient (Wildman–Crippen LogP) is 6.24. The molecule has 3 aromatic rings. The number of alkyl carbamates (subject to hydrolysis) is 1. The van der Waals surface area contributed by atoms with E-state index in [0.29, 0.717) is 17.3 Å². The molecule has 0 radical (unpaired) electrons. The zero-order chi connectivity index (χ0) is 27.9. The summed E-state index contributed by atoms with van der Waals surface area (Å²) < 4.78 is 30.6. The van der Waals surface area contributed by atoms with Crippen molar-refractivity contribution >= 4 is 39.4 Å². The van der Waals surface area contributed by atoms with Crippen LogP contribution in [0.2, 0.25) is 5.02 Å². The first-order valence-electron chi connectivity index (χ1n) is 12.8. The van der Waals surface area contributed by atoms with Crippen LogP contribution in [0.1, 0.15) is 63.3 Å². The molecule has 190 valence electrons. The molecule has 8 heteroatoms. The van der Waals surface area contributed by atoms with E-state index in [1.54, 1.807) is 44.5 Å². The molecule has 1 N–H and O–H groups in total. The number of nitrogens with one attached hydrogen (secondary N) is 1. The zero-order valence-electron chi connectivity index (χ0n) is 23.7. The molecule has 1 amide bonds. The standard InChI is InChI=1S/C27H36ClN3O4/c1-9-31-23-17(4)29-11-10-18(23)19-12-21(28)22(13-20(19)24(31)32)34-15-27(8,14-16(2)3)30-25(33)35-26(5,6)7/h10-13,16H,9,14-15H2,1-8H3,(H,30,33)/i15D2. The highest BCUT2D eigenvalue weighted by molar-refractivity contribution is 6.33. The molecule has 0 aliphatic carbocycles. The molecule has 1 atom stereocenters. The van der Waals surface area contributed by atoms with Crippen LogP contribution in [-0.4, -0.2) is 33.3 Å². The maximum atomic E-state index is 13.4. The summed E-state index contributed by atoms with van der Waals surface area (Å²) in [6.45, 7) is 12.4. The Kier molecular flexibility index (Phi) is 6.87. The molecule has 1 unspecified atom stereocenters. The number of rotatable bonds is 7. The summed E-state index contributed by atoms with van der Waals surface area (Å²) in [5.74, 6) is 0.0238. The van der Waals surface area contributed by atoms with Crippen molar-refractivity contribution in [1.82, 2.24) is 14.9 Å². The second-order valence-electron chi connectivity index (χ2n) is 10.4. The highest BCUT2D eigenvalue weighted by Crippen LogP contribution is 2.34. The summed E-state index contributed by atoms with van der Waals surface area (Å²) in [7, 11) is 0. The zero-order valence-corrected chi connectivity index (χ0v) is 22.5. The van der Waals surface area contributed by atoms with E-state index in [4.69, 9.17) is 23.8 Å². The van der Waals surface area contributed by atoms with Crippen molar-refractivity contribution in [3.63, 3.8) is 0 Å². The second-order valence-corrected chi connectivity index (χ2v) is 10.8. The molecule has 2 aromatic heterocycles. The maximum Gasteiger partial charge on any atom is 0.408 e. The number of aromatic nitrogens is 2. The number of ether oxygens (including phenoxy) is 2. The average molecular weight is 504 g/mol. The number of amides is 1. The van der Waals surface area contributed by atoms with Crippen LogP contribution in [0.4, 0.5) is 4.79 Å². The fourth-order valence-electron chi connectivity index (χ4n) is 4.33. The number of hydrogen-bond donors (Lipinski definition) is 1. The molecule has 0 saturated heterocycles. The van der Waals surface area contributed by atoms with E-state index in [9.17, 15) is 9.59 Å². The quantitative estimate of drug-likeness (QED) is 0.386. The van der Waals surface area contributed by atoms with Gasteiger partial charge in [-0.2, -0.15) is 0 Å². The van der Waals surface area contributed by atoms with Crippen LogP contribution in [-0.2, 0) is 11.3 Å². The van der Waals surface area contributed by atoms with Gasteiger partial charge < -0.3 is 19.4 Å². The van der Waals surface area contributed by atoms with Crippen LogP contribution in [0.15, 0.2) is 29.2 Å². The third-order valence-electron chi connectivity index (χ3n) is 5.51. The van der Waals surface area contributed by atoms with Crippen LogP contribution in [0.3, 0.4) is 0 Å². The minimum absolute atomic E-state index is 0.00465. The molecule has 35 heavy (non-hydrogen) atoms. The lowest BCUT2D eigenvalue weighted by molar-refractivity contribution is 0.0408. The molecule has 1 aromatic carbocycles. The summed E-state index contributed by atoms with van der Waals surface area (Å²) in [5.41, 5.74) is -1.02. The van der Waals surface area contributed by atoms with Crippen LogP contribution in [0, 0.1) is 12.8 Å². The van der Waals surface area contributed by atoms with Gasteiger partial charge in [0.05, 0.1) is 29.9 Å². The molecule has 7 nitrogen and oxygen atoms in total. The van der Waals surface area contributed by atoms with Crippen LogP contribution < -0.4 is 15.6 Å². The molecular formula is C27H36ClN3O4. The van der Waals surface area contributed by atoms with Gasteiger partial charge in [0, 0.05) is 18.1 Å². The molecule has 0 bridgehead atoms. The number of benzene rings is 1. The van der Waals surface area contributed by atoms with Crippen molar-refractivity contribution in [3.8, 4) is 5.75 Å². The van der Waals surface area contributed by atoms with E-state index in [1.807, 2.05) is 33.8 Å². The van der Waals surface area contributed by atoms with Crippen molar-refractivity contribution in [3.05, 3.63) is 45.5 Å². The van der Waals surface area contributed by atoms with E-state index in [1.165, 1.54) is 6.07 Å². The molecule has 0 aliphatic heterocycles. The Labute approximate surface area is 214 Å². The summed E-state index contributed by atoms with van der Waals surface area (Å²) in [6, 6.07) is 4.92. The first-order valence-corrected chi connectivity index (χ1v) is 12.2. The number of hydrogen-bond acceptors (Lipinski definition) is 5. The van der Waals surface area contributed by atoms with E-state index in [2.05, 4.69) is 10.3 Å². The smallest absolute Gasteiger partial charge is 0.408 e. The van der Waals surface area contributed by atoms with Crippen molar-refractivity contribution in [1.29, 1.82) is 0 Å². The largest absolute Gasteiger partial charge is 0.490 e. The fraction of sp³-hybridized carbons (Fsp3) is 0.519. The van der Waals surface area contributed by atoms with Gasteiger partial charge in [0.25, 0.3) is 5.56 Å². The molecule has 0 fully saturated rings. The topological polar surface area (TPSA) is 82.5 Å². The Hall–Kier alpha value is -2.80. The SMILES string of the molecule is [2H]C([2H])(Oc1cc2c(=O)n(CC)c3c(C)nccc3c2cc1Cl)C(C)(CC(C)C)NC(=O)OC(C)(C)C. The van der Waals surface area contributed by atoms with Gasteiger partial charge in [0.2, 0.25) is 0 Å². The molecule has 0 aliphatic rings. The number of nitrogens with zero attached hydrogens (tertiary/aromatic N) is 2. The first-order chi connectivity index (χ1) is 17.0. The number of pyridine rings is 2. The van der Waals surface area contributed by atoms with E-state index in [0.717, 1.165) is 16.6 Å². The number of halogens is 1. The van der Waals surface area contributed by atoms with Crippen LogP contribution in [0.25, 0.3) is 21.7 Å². The van der Waals surface area contributed by atoms with Crippen molar-refractivity contribution in [2.45, 2.75) is 79.5 Å². The van der Waals surface area contributed by atoms with Gasteiger partial charge in [-0.3, -0.25) is 9.78 Å². The Bertz CT molecular complexity index is 1400. The third-order valence-corrected chi connectivity index (χ3v) is 5.81. The lowest BCUT2D eigenvalue weighted by atomic mass is 9.91. The molecule has 3 rings (SSSR count). The molecule has 2 heterocycles. The number of fused-ring (bicyclic) bond motifs is 3. The van der Waals surface area contributed by atoms with Crippen molar-refractivity contribution < 1.29 is 17.0 Å². The lowest BCUT2D eigenvalue weighted by Gasteiger charge is -2.33. The molecular weight excluding hydrogens is 466 g/mol. The van der Waals surface area contributed by atoms with Crippen molar-refractivity contribution in [2.24, 2.45) is 5.92 Å². The first kappa shape index (κ1) is 23.9.